The number of aromatic nitrogens is 1. The van der Waals surface area contributed by atoms with E-state index < -0.39 is 0 Å². The molecule has 0 amide bonds. The minimum Gasteiger partial charge on any atom is -0.288 e. The van der Waals surface area contributed by atoms with Crippen molar-refractivity contribution < 1.29 is 4.79 Å². The van der Waals surface area contributed by atoms with Crippen LogP contribution in [-0.2, 0) is 12.2 Å². The van der Waals surface area contributed by atoms with Gasteiger partial charge in [-0.3, -0.25) is 9.78 Å². The molecule has 0 atom stereocenters. The van der Waals surface area contributed by atoms with Crippen molar-refractivity contribution in [3.63, 3.8) is 0 Å². The second-order valence-electron chi connectivity index (χ2n) is 5.09. The molecular formula is C17H13NOS2. The maximum atomic E-state index is 12.9. The van der Waals surface area contributed by atoms with E-state index in [2.05, 4.69) is 11.1 Å². The summed E-state index contributed by atoms with van der Waals surface area (Å²) in [6.45, 7) is 0. The van der Waals surface area contributed by atoms with Gasteiger partial charge in [-0.05, 0) is 35.3 Å². The van der Waals surface area contributed by atoms with Crippen LogP contribution in [0.3, 0.4) is 0 Å². The molecular weight excluding hydrogens is 298 g/mol. The molecule has 4 rings (SSSR count). The van der Waals surface area contributed by atoms with E-state index in [0.717, 1.165) is 33.4 Å². The highest BCUT2D eigenvalue weighted by Crippen LogP contribution is 2.33. The van der Waals surface area contributed by atoms with Crippen LogP contribution < -0.4 is 0 Å². The standard InChI is InChI=1S/C17H13NOS2/c19-17(16-8-12-10-20-7-5-15(12)21-16)14-3-1-2-11-9-18-6-4-13(11)14/h1-4,6,8-9H,5,7,10H2. The third-order valence-electron chi connectivity index (χ3n) is 3.78. The van der Waals surface area contributed by atoms with E-state index in [1.54, 1.807) is 17.5 Å². The predicted octanol–water partition coefficient (Wildman–Crippen LogP) is 4.32. The van der Waals surface area contributed by atoms with Gasteiger partial charge < -0.3 is 0 Å². The molecule has 0 fully saturated rings. The van der Waals surface area contributed by atoms with Crippen LogP contribution in [0.15, 0.2) is 42.7 Å². The van der Waals surface area contributed by atoms with Crippen molar-refractivity contribution in [2.45, 2.75) is 12.2 Å². The second-order valence-corrected chi connectivity index (χ2v) is 7.34. The number of carbonyl (C=O) groups excluding carboxylic acids is 1. The van der Waals surface area contributed by atoms with Crippen LogP contribution in [0.5, 0.6) is 0 Å². The second kappa shape index (κ2) is 5.28. The zero-order valence-corrected chi connectivity index (χ0v) is 13.0. The molecule has 1 aliphatic heterocycles. The van der Waals surface area contributed by atoms with Crippen LogP contribution >= 0.6 is 23.1 Å². The molecule has 2 nitrogen and oxygen atoms in total. The SMILES string of the molecule is O=C(c1cc2c(s1)CCSC2)c1cccc2cnccc12. The first-order chi connectivity index (χ1) is 10.3. The molecule has 1 aliphatic rings. The highest BCUT2D eigenvalue weighted by Gasteiger charge is 2.19. The molecule has 0 unspecified atom stereocenters. The largest absolute Gasteiger partial charge is 0.288 e. The minimum atomic E-state index is 0.135. The Morgan fingerprint density at radius 1 is 1.24 bits per heavy atom. The average Bonchev–Trinajstić information content (AvgIpc) is 2.97. The van der Waals surface area contributed by atoms with Crippen molar-refractivity contribution in [3.05, 3.63) is 63.6 Å². The molecule has 4 heteroatoms. The van der Waals surface area contributed by atoms with Gasteiger partial charge in [0.25, 0.3) is 0 Å². The Hall–Kier alpha value is -1.65. The van der Waals surface area contributed by atoms with Gasteiger partial charge in [-0.15, -0.1) is 11.3 Å². The van der Waals surface area contributed by atoms with Crippen molar-refractivity contribution in [2.24, 2.45) is 0 Å². The highest BCUT2D eigenvalue weighted by molar-refractivity contribution is 7.98. The van der Waals surface area contributed by atoms with E-state index in [0.29, 0.717) is 0 Å². The van der Waals surface area contributed by atoms with Crippen LogP contribution in [0, 0.1) is 0 Å². The Morgan fingerprint density at radius 2 is 2.19 bits per heavy atom. The lowest BCUT2D eigenvalue weighted by Gasteiger charge is -2.08. The van der Waals surface area contributed by atoms with E-state index in [-0.39, 0.29) is 5.78 Å². The lowest BCUT2D eigenvalue weighted by atomic mass is 10.0. The Morgan fingerprint density at radius 3 is 3.10 bits per heavy atom. The Kier molecular flexibility index (Phi) is 3.28. The molecule has 0 radical (unpaired) electrons. The number of pyridine rings is 1. The van der Waals surface area contributed by atoms with Crippen molar-refractivity contribution in [1.29, 1.82) is 0 Å². The first-order valence-corrected chi connectivity index (χ1v) is 8.87. The fraction of sp³-hybridized carbons (Fsp3) is 0.176. The van der Waals surface area contributed by atoms with Gasteiger partial charge in [0.05, 0.1) is 4.88 Å². The lowest BCUT2D eigenvalue weighted by Crippen LogP contribution is -1.99. The smallest absolute Gasteiger partial charge is 0.203 e. The Bertz CT molecular complexity index is 809. The zero-order chi connectivity index (χ0) is 14.2. The molecule has 2 aromatic heterocycles. The monoisotopic (exact) mass is 311 g/mol. The summed E-state index contributed by atoms with van der Waals surface area (Å²) in [5.41, 5.74) is 2.13. The molecule has 3 aromatic rings. The van der Waals surface area contributed by atoms with Crippen LogP contribution in [0.2, 0.25) is 0 Å². The van der Waals surface area contributed by atoms with Crippen molar-refractivity contribution in [2.75, 3.05) is 5.75 Å². The third kappa shape index (κ3) is 2.28. The molecule has 104 valence electrons. The van der Waals surface area contributed by atoms with E-state index >= 15 is 0 Å². The zero-order valence-electron chi connectivity index (χ0n) is 11.3. The fourth-order valence-corrected chi connectivity index (χ4v) is 5.04. The van der Waals surface area contributed by atoms with E-state index in [1.165, 1.54) is 16.2 Å². The topological polar surface area (TPSA) is 30.0 Å². The maximum Gasteiger partial charge on any atom is 0.203 e. The first kappa shape index (κ1) is 13.0. The number of carbonyl (C=O) groups is 1. The molecule has 0 saturated heterocycles. The normalized spacial score (nSPS) is 14.1. The van der Waals surface area contributed by atoms with Gasteiger partial charge in [0.1, 0.15) is 0 Å². The number of aryl methyl sites for hydroxylation is 1. The van der Waals surface area contributed by atoms with Crippen LogP contribution in [0.25, 0.3) is 10.8 Å². The number of hydrogen-bond donors (Lipinski definition) is 0. The maximum absolute atomic E-state index is 12.9. The number of hydrogen-bond acceptors (Lipinski definition) is 4. The number of ketones is 1. The highest BCUT2D eigenvalue weighted by atomic mass is 32.2. The molecule has 0 saturated carbocycles. The van der Waals surface area contributed by atoms with Crippen LogP contribution in [-0.4, -0.2) is 16.5 Å². The van der Waals surface area contributed by atoms with Gasteiger partial charge in [0, 0.05) is 34.0 Å². The van der Waals surface area contributed by atoms with Crippen molar-refractivity contribution in [1.82, 2.24) is 4.98 Å². The number of thiophene rings is 1. The van der Waals surface area contributed by atoms with Gasteiger partial charge in [0.15, 0.2) is 0 Å². The summed E-state index contributed by atoms with van der Waals surface area (Å²) in [4.78, 5) is 19.2. The number of rotatable bonds is 2. The predicted molar refractivity (Wildman–Crippen MR) is 89.4 cm³/mol. The lowest BCUT2D eigenvalue weighted by molar-refractivity contribution is 0.104. The number of thioether (sulfide) groups is 1. The van der Waals surface area contributed by atoms with Crippen LogP contribution in [0.1, 0.15) is 25.7 Å². The molecule has 21 heavy (non-hydrogen) atoms. The molecule has 0 N–H and O–H groups in total. The summed E-state index contributed by atoms with van der Waals surface area (Å²) in [5.74, 6) is 2.34. The third-order valence-corrected chi connectivity index (χ3v) is 6.02. The van der Waals surface area contributed by atoms with Gasteiger partial charge in [-0.25, -0.2) is 0 Å². The summed E-state index contributed by atoms with van der Waals surface area (Å²) in [6, 6.07) is 9.86. The summed E-state index contributed by atoms with van der Waals surface area (Å²) in [7, 11) is 0. The fourth-order valence-electron chi connectivity index (χ4n) is 2.71. The molecule has 0 spiro atoms. The Labute approximate surface area is 131 Å². The van der Waals surface area contributed by atoms with Gasteiger partial charge in [-0.1, -0.05) is 18.2 Å². The van der Waals surface area contributed by atoms with Crippen molar-refractivity contribution in [3.8, 4) is 0 Å². The van der Waals surface area contributed by atoms with E-state index in [9.17, 15) is 4.79 Å². The molecule has 0 aliphatic carbocycles. The first-order valence-electron chi connectivity index (χ1n) is 6.90. The summed E-state index contributed by atoms with van der Waals surface area (Å²) < 4.78 is 0. The molecule has 0 bridgehead atoms. The molecule has 1 aromatic carbocycles. The van der Waals surface area contributed by atoms with Gasteiger partial charge in [-0.2, -0.15) is 11.8 Å². The quantitative estimate of drug-likeness (QED) is 0.660. The number of benzene rings is 1. The van der Waals surface area contributed by atoms with Gasteiger partial charge in [0.2, 0.25) is 5.78 Å². The van der Waals surface area contributed by atoms with E-state index in [4.69, 9.17) is 0 Å². The summed E-state index contributed by atoms with van der Waals surface area (Å²) in [6.07, 6.45) is 4.65. The minimum absolute atomic E-state index is 0.135. The van der Waals surface area contributed by atoms with Gasteiger partial charge >= 0.3 is 0 Å². The van der Waals surface area contributed by atoms with Crippen molar-refractivity contribution >= 4 is 39.7 Å². The summed E-state index contributed by atoms with van der Waals surface area (Å²) >= 11 is 3.62. The average molecular weight is 311 g/mol. The Balaban J connectivity index is 1.81. The van der Waals surface area contributed by atoms with E-state index in [1.807, 2.05) is 42.2 Å². The van der Waals surface area contributed by atoms with Crippen LogP contribution in [0.4, 0.5) is 0 Å². The summed E-state index contributed by atoms with van der Waals surface area (Å²) in [5, 5.41) is 2.00. The number of nitrogens with zero attached hydrogens (tertiary/aromatic N) is 1. The molecule has 3 heterocycles. The number of fused-ring (bicyclic) bond motifs is 2.